The molecule has 0 radical (unpaired) electrons. The van der Waals surface area contributed by atoms with E-state index in [0.717, 1.165) is 57.8 Å². The molecule has 394 valence electrons. The second-order valence-corrected chi connectivity index (χ2v) is 19.9. The Morgan fingerprint density at radius 3 is 1.46 bits per heavy atom. The van der Waals surface area contributed by atoms with Crippen LogP contribution in [-0.4, -0.2) is 97.5 Å². The fourth-order valence-corrected chi connectivity index (χ4v) is 8.90. The zero-order valence-corrected chi connectivity index (χ0v) is 43.3. The number of hydrogen-bond acceptors (Lipinski definition) is 11. The first-order chi connectivity index (χ1) is 32.6. The van der Waals surface area contributed by atoms with Gasteiger partial charge in [-0.1, -0.05) is 217 Å². The zero-order valence-electron chi connectivity index (χ0n) is 42.5. The van der Waals surface area contributed by atoms with Gasteiger partial charge in [0, 0.05) is 13.0 Å². The SMILES string of the molecule is CCCCC/C=C\C/C=C\C/C=C\CCCCCCCCCOCC(COC1OC(CO)C(O)C(OS(=O)(=O)O)C1O)OC(=O)CCCCCCCCCCCCCCCCCCCCCC. The predicted octanol–water partition coefficient (Wildman–Crippen LogP) is 12.9. The lowest BCUT2D eigenvalue weighted by molar-refractivity contribution is -0.301. The van der Waals surface area contributed by atoms with E-state index in [9.17, 15) is 33.1 Å². The largest absolute Gasteiger partial charge is 0.457 e. The standard InChI is InChI=1S/C54H100O12S/c1-3-5-7-9-11-13-15-17-19-21-23-25-27-29-31-33-35-37-39-41-43-50(56)64-48(47-63-54-52(58)53(66-67(59,60)61)51(57)49(45-55)65-54)46-62-44-42-40-38-36-34-32-30-28-26-24-22-20-18-16-14-12-10-8-6-4-2/h12,14,18,20,24,26,48-49,51-55,57-58H,3-11,13,15-17,19,21-23,25,27-47H2,1-2H3,(H,59,60,61)/b14-12-,20-18-,26-24-. The molecule has 6 unspecified atom stereocenters. The Labute approximate surface area is 409 Å². The van der Waals surface area contributed by atoms with E-state index in [0.29, 0.717) is 13.0 Å². The van der Waals surface area contributed by atoms with Gasteiger partial charge in [0.25, 0.3) is 0 Å². The topological polar surface area (TPSA) is 178 Å². The average molecular weight is 973 g/mol. The van der Waals surface area contributed by atoms with Gasteiger partial charge in [0.15, 0.2) is 6.29 Å². The smallest absolute Gasteiger partial charge is 0.397 e. The predicted molar refractivity (Wildman–Crippen MR) is 271 cm³/mol. The Morgan fingerprint density at radius 2 is 0.985 bits per heavy atom. The number of carbonyl (C=O) groups is 1. The van der Waals surface area contributed by atoms with E-state index in [1.54, 1.807) is 0 Å². The van der Waals surface area contributed by atoms with Crippen LogP contribution < -0.4 is 0 Å². The molecule has 0 aromatic heterocycles. The van der Waals surface area contributed by atoms with Crippen molar-refractivity contribution < 1.29 is 56.2 Å². The Hall–Kier alpha value is -1.68. The van der Waals surface area contributed by atoms with Crippen LogP contribution in [0.3, 0.4) is 0 Å². The summed E-state index contributed by atoms with van der Waals surface area (Å²) in [5.41, 5.74) is 0. The number of unbranched alkanes of at least 4 members (excludes halogenated alkanes) is 29. The van der Waals surface area contributed by atoms with E-state index in [1.165, 1.54) is 154 Å². The number of rotatable bonds is 48. The first-order valence-corrected chi connectivity index (χ1v) is 28.6. The minimum Gasteiger partial charge on any atom is -0.457 e. The maximum Gasteiger partial charge on any atom is 0.397 e. The van der Waals surface area contributed by atoms with Gasteiger partial charge in [-0.2, -0.15) is 8.42 Å². The number of esters is 1. The Balaban J connectivity index is 2.34. The molecular formula is C54H100O12S. The summed E-state index contributed by atoms with van der Waals surface area (Å²) in [5.74, 6) is -0.398. The van der Waals surface area contributed by atoms with Crippen LogP contribution in [0.4, 0.5) is 0 Å². The lowest BCUT2D eigenvalue weighted by Crippen LogP contribution is -2.60. The van der Waals surface area contributed by atoms with E-state index in [-0.39, 0.29) is 19.6 Å². The van der Waals surface area contributed by atoms with Crippen LogP contribution in [-0.2, 0) is 38.3 Å². The molecule has 4 N–H and O–H groups in total. The van der Waals surface area contributed by atoms with E-state index in [1.807, 2.05) is 0 Å². The van der Waals surface area contributed by atoms with Crippen molar-refractivity contribution in [1.82, 2.24) is 0 Å². The molecule has 1 heterocycles. The molecule has 0 saturated carbocycles. The highest BCUT2D eigenvalue weighted by molar-refractivity contribution is 7.80. The van der Waals surface area contributed by atoms with E-state index < -0.39 is 59.8 Å². The van der Waals surface area contributed by atoms with Crippen molar-refractivity contribution in [2.45, 2.75) is 275 Å². The number of aliphatic hydroxyl groups is 3. The maximum atomic E-state index is 12.9. The van der Waals surface area contributed by atoms with Crippen molar-refractivity contribution in [3.63, 3.8) is 0 Å². The van der Waals surface area contributed by atoms with Gasteiger partial charge < -0.3 is 34.3 Å². The van der Waals surface area contributed by atoms with Crippen molar-refractivity contribution in [2.75, 3.05) is 26.4 Å². The third kappa shape index (κ3) is 38.7. The quantitative estimate of drug-likeness (QED) is 0.0197. The molecule has 1 rings (SSSR count). The minimum absolute atomic E-state index is 0.0320. The summed E-state index contributed by atoms with van der Waals surface area (Å²) in [6, 6.07) is 0. The molecular weight excluding hydrogens is 873 g/mol. The summed E-state index contributed by atoms with van der Waals surface area (Å²) in [4.78, 5) is 12.9. The Morgan fingerprint density at radius 1 is 0.567 bits per heavy atom. The van der Waals surface area contributed by atoms with Gasteiger partial charge in [0.05, 0.1) is 19.8 Å². The molecule has 0 spiro atoms. The lowest BCUT2D eigenvalue weighted by atomic mass is 9.99. The monoisotopic (exact) mass is 973 g/mol. The molecule has 6 atom stereocenters. The van der Waals surface area contributed by atoms with Crippen LogP contribution in [0.1, 0.15) is 239 Å². The molecule has 1 aliphatic heterocycles. The molecule has 0 amide bonds. The van der Waals surface area contributed by atoms with E-state index in [2.05, 4.69) is 54.5 Å². The minimum atomic E-state index is -5.07. The van der Waals surface area contributed by atoms with Gasteiger partial charge in [-0.15, -0.1) is 0 Å². The summed E-state index contributed by atoms with van der Waals surface area (Å²) in [7, 11) is -5.07. The van der Waals surface area contributed by atoms with Crippen LogP contribution in [0, 0.1) is 0 Å². The number of ether oxygens (including phenoxy) is 4. The van der Waals surface area contributed by atoms with E-state index in [4.69, 9.17) is 18.9 Å². The lowest BCUT2D eigenvalue weighted by Gasteiger charge is -2.41. The number of carbonyl (C=O) groups excluding carboxylic acids is 1. The molecule has 0 aromatic carbocycles. The van der Waals surface area contributed by atoms with Gasteiger partial charge in [0.1, 0.15) is 30.5 Å². The summed E-state index contributed by atoms with van der Waals surface area (Å²) in [6.45, 7) is 3.98. The highest BCUT2D eigenvalue weighted by Crippen LogP contribution is 2.26. The fraction of sp³-hybridized carbons (Fsp3) is 0.870. The van der Waals surface area contributed by atoms with Crippen LogP contribution in [0.15, 0.2) is 36.5 Å². The zero-order chi connectivity index (χ0) is 48.9. The molecule has 0 aliphatic carbocycles. The number of hydrogen-bond donors (Lipinski definition) is 4. The second kappa shape index (κ2) is 45.5. The molecule has 67 heavy (non-hydrogen) atoms. The summed E-state index contributed by atoms with van der Waals surface area (Å²) in [6.07, 6.45) is 46.0. The maximum absolute atomic E-state index is 12.9. The van der Waals surface area contributed by atoms with Gasteiger partial charge >= 0.3 is 16.4 Å². The van der Waals surface area contributed by atoms with Crippen molar-refractivity contribution in [3.8, 4) is 0 Å². The second-order valence-electron chi connectivity index (χ2n) is 18.8. The first kappa shape index (κ1) is 63.3. The van der Waals surface area contributed by atoms with Crippen LogP contribution in [0.25, 0.3) is 0 Å². The summed E-state index contributed by atoms with van der Waals surface area (Å²) in [5, 5.41) is 30.8. The Kier molecular flexibility index (Phi) is 43.0. The van der Waals surface area contributed by atoms with Crippen LogP contribution in [0.5, 0.6) is 0 Å². The normalized spacial score (nSPS) is 19.6. The molecule has 0 bridgehead atoms. The summed E-state index contributed by atoms with van der Waals surface area (Å²) < 4.78 is 59.3. The van der Waals surface area contributed by atoms with Gasteiger partial charge in [0.2, 0.25) is 0 Å². The molecule has 1 saturated heterocycles. The summed E-state index contributed by atoms with van der Waals surface area (Å²) >= 11 is 0. The van der Waals surface area contributed by atoms with Gasteiger partial charge in [-0.05, 0) is 51.4 Å². The number of allylic oxidation sites excluding steroid dienone is 6. The van der Waals surface area contributed by atoms with Crippen LogP contribution >= 0.6 is 0 Å². The van der Waals surface area contributed by atoms with E-state index >= 15 is 0 Å². The third-order valence-corrected chi connectivity index (χ3v) is 13.0. The fourth-order valence-electron chi connectivity index (χ4n) is 8.39. The average Bonchev–Trinajstić information content (AvgIpc) is 3.30. The van der Waals surface area contributed by atoms with Crippen molar-refractivity contribution in [2.24, 2.45) is 0 Å². The van der Waals surface area contributed by atoms with Crippen molar-refractivity contribution in [1.29, 1.82) is 0 Å². The Bertz CT molecular complexity index is 1310. The van der Waals surface area contributed by atoms with Gasteiger partial charge in [-0.25, -0.2) is 4.18 Å². The third-order valence-electron chi connectivity index (χ3n) is 12.5. The first-order valence-electron chi connectivity index (χ1n) is 27.2. The molecule has 1 aliphatic rings. The van der Waals surface area contributed by atoms with Crippen LogP contribution in [0.2, 0.25) is 0 Å². The highest BCUT2D eigenvalue weighted by Gasteiger charge is 2.48. The highest BCUT2D eigenvalue weighted by atomic mass is 32.3. The van der Waals surface area contributed by atoms with Crippen molar-refractivity contribution in [3.05, 3.63) is 36.5 Å². The van der Waals surface area contributed by atoms with Gasteiger partial charge in [-0.3, -0.25) is 9.35 Å². The molecule has 12 nitrogen and oxygen atoms in total. The molecule has 13 heteroatoms. The van der Waals surface area contributed by atoms with Crippen molar-refractivity contribution >= 4 is 16.4 Å². The molecule has 0 aromatic rings. The number of aliphatic hydroxyl groups excluding tert-OH is 3. The molecule has 1 fully saturated rings.